The number of nitrogens with two attached hydrogens (primary N) is 4. The normalized spacial score (nSPS) is 13.6. The number of carboxylic acid groups (broad SMARTS) is 2. The number of hydrogen-bond donors (Lipinski definition) is 10. The van der Waals surface area contributed by atoms with E-state index in [9.17, 15) is 39.0 Å². The Kier molecular flexibility index (Phi) is 12.9. The molecule has 0 aliphatic rings. The average molecular weight is 604 g/mol. The summed E-state index contributed by atoms with van der Waals surface area (Å²) in [6.45, 7) is 0.0998. The van der Waals surface area contributed by atoms with Gasteiger partial charge in [-0.3, -0.25) is 29.0 Å². The van der Waals surface area contributed by atoms with Crippen molar-refractivity contribution in [3.63, 3.8) is 0 Å². The van der Waals surface area contributed by atoms with Gasteiger partial charge in [0.05, 0.1) is 12.5 Å². The molecule has 2 rings (SSSR count). The molecule has 1 aromatic carbocycles. The minimum absolute atomic E-state index is 0.0219. The van der Waals surface area contributed by atoms with E-state index < -0.39 is 66.2 Å². The Morgan fingerprint density at radius 2 is 1.49 bits per heavy atom. The van der Waals surface area contributed by atoms with Crippen molar-refractivity contribution in [2.24, 2.45) is 27.9 Å². The number of hydrogen-bond acceptors (Lipinski definition) is 8. The number of nitrogens with zero attached hydrogens (tertiary/aromatic N) is 1. The van der Waals surface area contributed by atoms with E-state index in [1.807, 2.05) is 24.3 Å². The highest BCUT2D eigenvalue weighted by atomic mass is 16.4. The third-order valence-electron chi connectivity index (χ3n) is 6.34. The number of aromatic amines is 1. The van der Waals surface area contributed by atoms with Crippen molar-refractivity contribution in [1.82, 2.24) is 20.9 Å². The minimum atomic E-state index is -1.72. The van der Waals surface area contributed by atoms with Crippen LogP contribution in [0.15, 0.2) is 35.5 Å². The largest absolute Gasteiger partial charge is 0.481 e. The number of primary amides is 1. The highest BCUT2D eigenvalue weighted by Crippen LogP contribution is 2.19. The van der Waals surface area contributed by atoms with Crippen LogP contribution >= 0.6 is 0 Å². The molecule has 17 heteroatoms. The summed E-state index contributed by atoms with van der Waals surface area (Å²) < 4.78 is 0. The number of guanidine groups is 1. The highest BCUT2D eigenvalue weighted by Gasteiger charge is 2.31. The standard InChI is InChI=1S/C26H37N9O8/c27-15(10-13-12-32-16-5-2-1-4-14(13)16)22(39)33-17(6-3-9-31-26(29)30)23(40)35-19(11-21(37)38)24(41)34-18(25(42)43)7-8-20(28)36/h1-2,4-5,12,15,17-19,32H,3,6-11,27H2,(H2,28,36)(H,33,39)(H,34,41)(H,35,40)(H,37,38)(H,42,43)(H4,29,30,31). The smallest absolute Gasteiger partial charge is 0.326 e. The van der Waals surface area contributed by atoms with Crippen LogP contribution < -0.4 is 38.9 Å². The summed E-state index contributed by atoms with van der Waals surface area (Å²) in [6.07, 6.45) is 0.403. The molecule has 14 N–H and O–H groups in total. The number of nitrogens with one attached hydrogen (secondary N) is 4. The minimum Gasteiger partial charge on any atom is -0.481 e. The average Bonchev–Trinajstić information content (AvgIpc) is 3.33. The number of carboxylic acids is 2. The van der Waals surface area contributed by atoms with Gasteiger partial charge in [-0.15, -0.1) is 0 Å². The van der Waals surface area contributed by atoms with Crippen molar-refractivity contribution in [3.8, 4) is 0 Å². The van der Waals surface area contributed by atoms with E-state index in [0.717, 1.165) is 16.5 Å². The zero-order valence-electron chi connectivity index (χ0n) is 23.2. The van der Waals surface area contributed by atoms with E-state index in [1.54, 1.807) is 6.20 Å². The van der Waals surface area contributed by atoms with Crippen molar-refractivity contribution < 1.29 is 39.0 Å². The molecule has 1 aromatic heterocycles. The Balaban J connectivity index is 2.18. The number of aliphatic carboxylic acids is 2. The van der Waals surface area contributed by atoms with Crippen molar-refractivity contribution in [2.75, 3.05) is 6.54 Å². The lowest BCUT2D eigenvalue weighted by Crippen LogP contribution is -2.57. The number of benzene rings is 1. The summed E-state index contributed by atoms with van der Waals surface area (Å²) in [5, 5.41) is 26.4. The van der Waals surface area contributed by atoms with Gasteiger partial charge in [0.2, 0.25) is 23.6 Å². The van der Waals surface area contributed by atoms with Crippen LogP contribution in [-0.4, -0.2) is 87.4 Å². The molecule has 0 bridgehead atoms. The van der Waals surface area contributed by atoms with Gasteiger partial charge >= 0.3 is 11.9 Å². The summed E-state index contributed by atoms with van der Waals surface area (Å²) >= 11 is 0. The van der Waals surface area contributed by atoms with Crippen LogP contribution in [0.5, 0.6) is 0 Å². The number of H-pyrrole nitrogens is 1. The second-order valence-corrected chi connectivity index (χ2v) is 9.74. The Hall–Kier alpha value is -5.19. The maximum atomic E-state index is 13.2. The van der Waals surface area contributed by atoms with Crippen LogP contribution in [0.25, 0.3) is 10.9 Å². The molecule has 17 nitrogen and oxygen atoms in total. The predicted molar refractivity (Wildman–Crippen MR) is 154 cm³/mol. The van der Waals surface area contributed by atoms with E-state index in [4.69, 9.17) is 22.9 Å². The molecule has 0 aliphatic heterocycles. The molecule has 0 fully saturated rings. The Morgan fingerprint density at radius 3 is 2.12 bits per heavy atom. The van der Waals surface area contributed by atoms with Crippen molar-refractivity contribution in [2.45, 2.75) is 62.7 Å². The second-order valence-electron chi connectivity index (χ2n) is 9.74. The molecule has 4 unspecified atom stereocenters. The van der Waals surface area contributed by atoms with E-state index in [0.29, 0.717) is 0 Å². The van der Waals surface area contributed by atoms with Crippen molar-refractivity contribution in [3.05, 3.63) is 36.0 Å². The fourth-order valence-electron chi connectivity index (χ4n) is 4.15. The van der Waals surface area contributed by atoms with Crippen LogP contribution in [0.4, 0.5) is 0 Å². The number of rotatable bonds is 18. The monoisotopic (exact) mass is 603 g/mol. The van der Waals surface area contributed by atoms with Crippen LogP contribution in [0, 0.1) is 0 Å². The number of aliphatic imine (C=N–C) groups is 1. The molecule has 0 radical (unpaired) electrons. The SMILES string of the molecule is NC(=O)CCC(NC(=O)C(CC(=O)O)NC(=O)C(CCCN=C(N)N)NC(=O)C(N)Cc1c[nH]c2ccccc12)C(=O)O. The topological polar surface area (TPSA) is 311 Å². The van der Waals surface area contributed by atoms with Gasteiger partial charge in [0.15, 0.2) is 5.96 Å². The van der Waals surface area contributed by atoms with Crippen molar-refractivity contribution >= 4 is 52.4 Å². The molecular formula is C26H37N9O8. The third-order valence-corrected chi connectivity index (χ3v) is 6.34. The van der Waals surface area contributed by atoms with E-state index in [1.165, 1.54) is 0 Å². The van der Waals surface area contributed by atoms with Gasteiger partial charge in [-0.2, -0.15) is 0 Å². The Bertz CT molecular complexity index is 1360. The van der Waals surface area contributed by atoms with E-state index in [-0.39, 0.29) is 44.6 Å². The third kappa shape index (κ3) is 11.3. The van der Waals surface area contributed by atoms with Gasteiger partial charge in [-0.25, -0.2) is 4.79 Å². The van der Waals surface area contributed by atoms with Gasteiger partial charge in [-0.05, 0) is 37.3 Å². The first-order valence-corrected chi connectivity index (χ1v) is 13.3. The lowest BCUT2D eigenvalue weighted by molar-refractivity contribution is -0.143. The molecular weight excluding hydrogens is 566 g/mol. The zero-order valence-corrected chi connectivity index (χ0v) is 23.2. The van der Waals surface area contributed by atoms with E-state index in [2.05, 4.69) is 25.9 Å². The molecule has 1 heterocycles. The number of carbonyl (C=O) groups is 6. The first-order chi connectivity index (χ1) is 20.3. The summed E-state index contributed by atoms with van der Waals surface area (Å²) in [5.41, 5.74) is 23.5. The Morgan fingerprint density at radius 1 is 0.860 bits per heavy atom. The van der Waals surface area contributed by atoms with Crippen LogP contribution in [0.3, 0.4) is 0 Å². The number of para-hydroxylation sites is 1. The molecule has 0 aliphatic carbocycles. The summed E-state index contributed by atoms with van der Waals surface area (Å²) in [4.78, 5) is 80.0. The highest BCUT2D eigenvalue weighted by molar-refractivity contribution is 5.96. The maximum absolute atomic E-state index is 13.2. The first kappa shape index (κ1) is 34.0. The lowest BCUT2D eigenvalue weighted by atomic mass is 10.0. The van der Waals surface area contributed by atoms with Crippen molar-refractivity contribution in [1.29, 1.82) is 0 Å². The van der Waals surface area contributed by atoms with Crippen LogP contribution in [-0.2, 0) is 35.2 Å². The number of aromatic nitrogens is 1. The zero-order chi connectivity index (χ0) is 32.1. The van der Waals surface area contributed by atoms with Crippen LogP contribution in [0.1, 0.15) is 37.7 Å². The molecule has 2 aromatic rings. The first-order valence-electron chi connectivity index (χ1n) is 13.3. The quantitative estimate of drug-likeness (QED) is 0.0477. The lowest BCUT2D eigenvalue weighted by Gasteiger charge is -2.24. The molecule has 4 amide bonds. The Labute approximate surface area is 245 Å². The number of carbonyl (C=O) groups excluding carboxylic acids is 4. The number of fused-ring (bicyclic) bond motifs is 1. The molecule has 4 atom stereocenters. The molecule has 234 valence electrons. The van der Waals surface area contributed by atoms with E-state index >= 15 is 0 Å². The van der Waals surface area contributed by atoms with Gasteiger partial charge < -0.3 is 54.1 Å². The fourth-order valence-corrected chi connectivity index (χ4v) is 4.15. The summed E-state index contributed by atoms with van der Waals surface area (Å²) in [6, 6.07) is 1.74. The van der Waals surface area contributed by atoms with Gasteiger partial charge in [-0.1, -0.05) is 18.2 Å². The summed E-state index contributed by atoms with van der Waals surface area (Å²) in [5.74, 6) is -6.71. The number of amides is 4. The molecule has 0 saturated carbocycles. The molecule has 0 spiro atoms. The van der Waals surface area contributed by atoms with Crippen LogP contribution in [0.2, 0.25) is 0 Å². The predicted octanol–water partition coefficient (Wildman–Crippen LogP) is -2.63. The second kappa shape index (κ2) is 16.3. The van der Waals surface area contributed by atoms with Gasteiger partial charge in [0, 0.05) is 30.1 Å². The summed E-state index contributed by atoms with van der Waals surface area (Å²) in [7, 11) is 0. The molecule has 43 heavy (non-hydrogen) atoms. The van der Waals surface area contributed by atoms with Gasteiger partial charge in [0.1, 0.15) is 18.1 Å². The fraction of sp³-hybridized carbons (Fsp3) is 0.423. The van der Waals surface area contributed by atoms with Gasteiger partial charge in [0.25, 0.3) is 0 Å². The molecule has 0 saturated heterocycles. The maximum Gasteiger partial charge on any atom is 0.326 e.